The minimum Gasteiger partial charge on any atom is -0.376 e. The summed E-state index contributed by atoms with van der Waals surface area (Å²) in [5, 5.41) is 9.62. The third-order valence-electron chi connectivity index (χ3n) is 7.94. The number of ether oxygens (including phenoxy) is 2. The number of aryl methyl sites for hydroxylation is 1. The van der Waals surface area contributed by atoms with Gasteiger partial charge >= 0.3 is 0 Å². The molecule has 0 saturated carbocycles. The van der Waals surface area contributed by atoms with Crippen molar-refractivity contribution >= 4 is 23.5 Å². The number of carbonyl (C=O) groups excluding carboxylic acids is 3. The monoisotopic (exact) mass is 506 g/mol. The molecule has 0 unspecified atom stereocenters. The third-order valence-corrected chi connectivity index (χ3v) is 7.94. The topological polar surface area (TPSA) is 123 Å². The lowest BCUT2D eigenvalue weighted by atomic mass is 9.70. The molecule has 10 heteroatoms. The number of nitrogens with zero attached hydrogens (tertiary/aromatic N) is 2. The van der Waals surface area contributed by atoms with Gasteiger partial charge in [0.05, 0.1) is 23.5 Å². The molecular formula is C27H30N4O6. The Morgan fingerprint density at radius 3 is 2.70 bits per heavy atom. The van der Waals surface area contributed by atoms with E-state index in [-0.39, 0.29) is 30.3 Å². The van der Waals surface area contributed by atoms with E-state index in [1.54, 1.807) is 24.8 Å². The maximum atomic E-state index is 14.0. The zero-order valence-electron chi connectivity index (χ0n) is 20.8. The first kappa shape index (κ1) is 23.9. The van der Waals surface area contributed by atoms with Gasteiger partial charge in [-0.1, -0.05) is 47.6 Å². The van der Waals surface area contributed by atoms with Crippen LogP contribution in [0.3, 0.4) is 0 Å². The lowest BCUT2D eigenvalue weighted by Gasteiger charge is -2.34. The molecule has 0 aliphatic carbocycles. The number of rotatable bonds is 7. The average molecular weight is 507 g/mol. The number of aromatic nitrogens is 1. The van der Waals surface area contributed by atoms with Crippen LogP contribution in [0.2, 0.25) is 0 Å². The molecule has 3 amide bonds. The number of carbonyl (C=O) groups is 3. The Morgan fingerprint density at radius 1 is 1.19 bits per heavy atom. The Hall–Kier alpha value is -3.50. The highest BCUT2D eigenvalue weighted by atomic mass is 16.5. The van der Waals surface area contributed by atoms with Crippen LogP contribution in [0, 0.1) is 18.8 Å². The minimum atomic E-state index is -1.26. The predicted molar refractivity (Wildman–Crippen MR) is 131 cm³/mol. The number of benzene rings is 1. The van der Waals surface area contributed by atoms with Crippen LogP contribution >= 0.6 is 0 Å². The van der Waals surface area contributed by atoms with Gasteiger partial charge in [0.1, 0.15) is 17.4 Å². The Morgan fingerprint density at radius 2 is 2.00 bits per heavy atom. The zero-order valence-corrected chi connectivity index (χ0v) is 20.8. The second-order valence-corrected chi connectivity index (χ2v) is 10.5. The van der Waals surface area contributed by atoms with Gasteiger partial charge in [0.25, 0.3) is 0 Å². The Balaban J connectivity index is 1.32. The molecular weight excluding hydrogens is 476 g/mol. The molecule has 1 aromatic carbocycles. The molecule has 6 atom stereocenters. The molecule has 2 bridgehead atoms. The average Bonchev–Trinajstić information content (AvgIpc) is 3.68. The summed E-state index contributed by atoms with van der Waals surface area (Å²) in [5.41, 5.74) is -1.36. The van der Waals surface area contributed by atoms with Crippen LogP contribution in [0.15, 0.2) is 53.1 Å². The summed E-state index contributed by atoms with van der Waals surface area (Å²) < 4.78 is 17.4. The summed E-state index contributed by atoms with van der Waals surface area (Å²) in [6.07, 6.45) is 5.17. The van der Waals surface area contributed by atoms with Crippen molar-refractivity contribution in [3.05, 3.63) is 59.9 Å². The highest BCUT2D eigenvalue weighted by Crippen LogP contribution is 2.59. The summed E-state index contributed by atoms with van der Waals surface area (Å²) in [6, 6.07) is 10.3. The van der Waals surface area contributed by atoms with Crippen molar-refractivity contribution in [1.29, 1.82) is 0 Å². The maximum Gasteiger partial charge on any atom is 0.246 e. The number of anilines is 1. The van der Waals surface area contributed by atoms with E-state index in [1.807, 2.05) is 42.5 Å². The van der Waals surface area contributed by atoms with E-state index in [2.05, 4.69) is 15.8 Å². The summed E-state index contributed by atoms with van der Waals surface area (Å²) in [7, 11) is 0. The summed E-state index contributed by atoms with van der Waals surface area (Å²) in [4.78, 5) is 42.9. The van der Waals surface area contributed by atoms with Gasteiger partial charge in [0, 0.05) is 25.8 Å². The second-order valence-electron chi connectivity index (χ2n) is 10.5. The highest BCUT2D eigenvalue weighted by Gasteiger charge is 2.76. The fourth-order valence-electron chi connectivity index (χ4n) is 6.34. The minimum absolute atomic E-state index is 0.161. The molecule has 3 saturated heterocycles. The first-order valence-electron chi connectivity index (χ1n) is 12.7. The van der Waals surface area contributed by atoms with Crippen LogP contribution in [-0.2, 0) is 30.4 Å². The molecule has 1 spiro atoms. The second kappa shape index (κ2) is 8.81. The Bertz CT molecular complexity index is 1250. The van der Waals surface area contributed by atoms with Gasteiger partial charge in [-0.25, -0.2) is 0 Å². The first-order chi connectivity index (χ1) is 17.8. The van der Waals surface area contributed by atoms with E-state index >= 15 is 0 Å². The van der Waals surface area contributed by atoms with Crippen molar-refractivity contribution in [1.82, 2.24) is 15.4 Å². The van der Waals surface area contributed by atoms with Crippen molar-refractivity contribution in [2.75, 3.05) is 18.5 Å². The lowest BCUT2D eigenvalue weighted by Crippen LogP contribution is -2.55. The number of fused-ring (bicyclic) bond motifs is 1. The molecule has 10 nitrogen and oxygen atoms in total. The lowest BCUT2D eigenvalue weighted by molar-refractivity contribution is -0.145. The van der Waals surface area contributed by atoms with Crippen molar-refractivity contribution in [2.24, 2.45) is 11.8 Å². The van der Waals surface area contributed by atoms with Gasteiger partial charge in [0.15, 0.2) is 5.82 Å². The van der Waals surface area contributed by atoms with Gasteiger partial charge in [0.2, 0.25) is 17.7 Å². The third kappa shape index (κ3) is 3.86. The van der Waals surface area contributed by atoms with Gasteiger partial charge in [-0.05, 0) is 32.3 Å². The highest BCUT2D eigenvalue weighted by molar-refractivity contribution is 6.03. The van der Waals surface area contributed by atoms with Crippen molar-refractivity contribution in [3.63, 3.8) is 0 Å². The molecule has 4 aliphatic heterocycles. The molecule has 6 rings (SSSR count). The van der Waals surface area contributed by atoms with Crippen LogP contribution in [0.25, 0.3) is 0 Å². The SMILES string of the molecule is Cc1cc(NC(=O)[C@@H]2[C@@H]3C(=O)N(C[C@@H]4CCCO4)[C@H](C(=O)NCc4ccccc4)[C@@]34C=C[C@@]2(C)O4)no1. The predicted octanol–water partition coefficient (Wildman–Crippen LogP) is 1.96. The van der Waals surface area contributed by atoms with Crippen molar-refractivity contribution in [3.8, 4) is 0 Å². The quantitative estimate of drug-likeness (QED) is 0.551. The van der Waals surface area contributed by atoms with Crippen molar-refractivity contribution < 1.29 is 28.4 Å². The molecule has 4 aliphatic rings. The van der Waals surface area contributed by atoms with E-state index in [1.165, 1.54) is 0 Å². The van der Waals surface area contributed by atoms with Crippen LogP contribution in [0.4, 0.5) is 5.82 Å². The van der Waals surface area contributed by atoms with E-state index < -0.39 is 35.0 Å². The molecule has 2 N–H and O–H groups in total. The molecule has 1 aromatic heterocycles. The standard InChI is InChI=1S/C27H30N4O6/c1-16-13-19(30-36-16)29-23(32)20-21-25(34)31(15-18-9-6-12-35-18)22(27(21)11-10-26(20,2)37-27)24(33)28-14-17-7-4-3-5-8-17/h3-5,7-8,10-11,13,18,20-22H,6,9,12,14-15H2,1-2H3,(H,28,33)(H,29,30,32)/t18-,20-,21+,22+,26+,27+/m0/s1. The smallest absolute Gasteiger partial charge is 0.246 e. The fraction of sp³-hybridized carbons (Fsp3) is 0.481. The maximum absolute atomic E-state index is 14.0. The van der Waals surface area contributed by atoms with Crippen molar-refractivity contribution in [2.45, 2.75) is 56.6 Å². The van der Waals surface area contributed by atoms with Gasteiger partial charge in [-0.3, -0.25) is 14.4 Å². The number of amides is 3. The van der Waals surface area contributed by atoms with E-state index in [9.17, 15) is 14.4 Å². The molecule has 0 radical (unpaired) electrons. The zero-order chi connectivity index (χ0) is 25.8. The fourth-order valence-corrected chi connectivity index (χ4v) is 6.34. The Kier molecular flexibility index (Phi) is 5.68. The van der Waals surface area contributed by atoms with Crippen LogP contribution in [0.1, 0.15) is 31.1 Å². The molecule has 3 fully saturated rings. The normalized spacial score (nSPS) is 33.7. The molecule has 2 aromatic rings. The van der Waals surface area contributed by atoms with Crippen LogP contribution in [-0.4, -0.2) is 64.3 Å². The summed E-state index contributed by atoms with van der Waals surface area (Å²) >= 11 is 0. The van der Waals surface area contributed by atoms with Crippen LogP contribution in [0.5, 0.6) is 0 Å². The number of likely N-dealkylation sites (tertiary alicyclic amines) is 1. The molecule has 194 valence electrons. The van der Waals surface area contributed by atoms with Gasteiger partial charge in [-0.15, -0.1) is 0 Å². The Labute approximate surface area is 214 Å². The van der Waals surface area contributed by atoms with Gasteiger partial charge < -0.3 is 29.5 Å². The largest absolute Gasteiger partial charge is 0.376 e. The molecule has 5 heterocycles. The summed E-state index contributed by atoms with van der Waals surface area (Å²) in [5.74, 6) is -1.88. The van der Waals surface area contributed by atoms with Gasteiger partial charge in [-0.2, -0.15) is 0 Å². The summed E-state index contributed by atoms with van der Waals surface area (Å²) in [6.45, 7) is 4.72. The van der Waals surface area contributed by atoms with Crippen LogP contribution < -0.4 is 10.6 Å². The number of nitrogens with one attached hydrogen (secondary N) is 2. The molecule has 37 heavy (non-hydrogen) atoms. The first-order valence-corrected chi connectivity index (χ1v) is 12.7. The number of hydrogen-bond acceptors (Lipinski definition) is 7. The van der Waals surface area contributed by atoms with E-state index in [0.29, 0.717) is 18.9 Å². The van der Waals surface area contributed by atoms with E-state index in [0.717, 1.165) is 18.4 Å². The van der Waals surface area contributed by atoms with E-state index in [4.69, 9.17) is 14.0 Å². The number of hydrogen-bond donors (Lipinski definition) is 2.